The molecule has 2 rings (SSSR count). The Kier molecular flexibility index (Phi) is 5.42. The largest absolute Gasteiger partial charge is 0.385 e. The number of methoxy groups -OCH3 is 1. The van der Waals surface area contributed by atoms with E-state index in [0.29, 0.717) is 11.5 Å². The molecule has 1 saturated carbocycles. The van der Waals surface area contributed by atoms with Crippen molar-refractivity contribution >= 4 is 0 Å². The lowest BCUT2D eigenvalue weighted by Crippen LogP contribution is -2.42. The molecule has 2 aliphatic rings. The zero-order valence-electron chi connectivity index (χ0n) is 11.8. The molecule has 0 atom stereocenters. The van der Waals surface area contributed by atoms with Crippen LogP contribution in [0.15, 0.2) is 0 Å². The Hall–Kier alpha value is -0.160. The molecule has 1 aliphatic carbocycles. The molecule has 1 aliphatic heterocycles. The number of piperidine rings is 1. The third kappa shape index (κ3) is 4.50. The van der Waals surface area contributed by atoms with E-state index < -0.39 is 0 Å². The van der Waals surface area contributed by atoms with Gasteiger partial charge in [0.1, 0.15) is 0 Å². The first kappa shape index (κ1) is 14.3. The standard InChI is InChI=1S/C14H29N3O/c1-18-11-6-14(4-5-14)12-16-7-10-17-8-2-13(15)3-9-17/h13,16H,2-12,15H2,1H3. The maximum atomic E-state index is 5.91. The average molecular weight is 255 g/mol. The van der Waals surface area contributed by atoms with Crippen LogP contribution in [0.2, 0.25) is 0 Å². The summed E-state index contributed by atoms with van der Waals surface area (Å²) in [5.74, 6) is 0. The van der Waals surface area contributed by atoms with Gasteiger partial charge in [-0.3, -0.25) is 0 Å². The van der Waals surface area contributed by atoms with Crippen molar-refractivity contribution in [3.8, 4) is 0 Å². The van der Waals surface area contributed by atoms with Crippen molar-refractivity contribution in [2.75, 3.05) is 46.4 Å². The molecule has 0 aromatic rings. The minimum atomic E-state index is 0.443. The summed E-state index contributed by atoms with van der Waals surface area (Å²) in [6.45, 7) is 6.72. The van der Waals surface area contributed by atoms with E-state index in [1.165, 1.54) is 45.4 Å². The number of hydrogen-bond donors (Lipinski definition) is 2. The molecule has 3 N–H and O–H groups in total. The molecule has 4 heteroatoms. The second-order valence-electron chi connectivity index (χ2n) is 6.10. The molecule has 0 bridgehead atoms. The van der Waals surface area contributed by atoms with E-state index in [-0.39, 0.29) is 0 Å². The van der Waals surface area contributed by atoms with E-state index in [1.807, 2.05) is 0 Å². The van der Waals surface area contributed by atoms with Crippen LogP contribution in [0.4, 0.5) is 0 Å². The highest BCUT2D eigenvalue weighted by Gasteiger charge is 2.41. The number of rotatable bonds is 8. The third-order valence-corrected chi connectivity index (χ3v) is 4.53. The highest BCUT2D eigenvalue weighted by Crippen LogP contribution is 2.48. The normalized spacial score (nSPS) is 24.3. The van der Waals surface area contributed by atoms with Gasteiger partial charge in [0.25, 0.3) is 0 Å². The van der Waals surface area contributed by atoms with Gasteiger partial charge in [-0.2, -0.15) is 0 Å². The predicted molar refractivity (Wildman–Crippen MR) is 74.7 cm³/mol. The van der Waals surface area contributed by atoms with Gasteiger partial charge in [-0.1, -0.05) is 0 Å². The fourth-order valence-corrected chi connectivity index (χ4v) is 2.78. The Balaban J connectivity index is 1.51. The molecule has 0 radical (unpaired) electrons. The first-order valence-electron chi connectivity index (χ1n) is 7.42. The van der Waals surface area contributed by atoms with Crippen molar-refractivity contribution in [2.24, 2.45) is 11.1 Å². The smallest absolute Gasteiger partial charge is 0.0468 e. The van der Waals surface area contributed by atoms with Crippen molar-refractivity contribution in [3.05, 3.63) is 0 Å². The molecule has 18 heavy (non-hydrogen) atoms. The van der Waals surface area contributed by atoms with Gasteiger partial charge in [0.05, 0.1) is 0 Å². The van der Waals surface area contributed by atoms with Crippen LogP contribution in [0.3, 0.4) is 0 Å². The van der Waals surface area contributed by atoms with Gasteiger partial charge in [0.2, 0.25) is 0 Å². The second-order valence-corrected chi connectivity index (χ2v) is 6.10. The Morgan fingerprint density at radius 3 is 2.67 bits per heavy atom. The molecular weight excluding hydrogens is 226 g/mol. The van der Waals surface area contributed by atoms with Crippen LogP contribution in [-0.2, 0) is 4.74 Å². The zero-order valence-corrected chi connectivity index (χ0v) is 11.8. The van der Waals surface area contributed by atoms with E-state index in [2.05, 4.69) is 10.2 Å². The summed E-state index contributed by atoms with van der Waals surface area (Å²) in [6, 6.07) is 0.443. The van der Waals surface area contributed by atoms with E-state index in [9.17, 15) is 0 Å². The van der Waals surface area contributed by atoms with Gasteiger partial charge in [0.15, 0.2) is 0 Å². The Morgan fingerprint density at radius 2 is 2.06 bits per heavy atom. The summed E-state index contributed by atoms with van der Waals surface area (Å²) in [7, 11) is 1.80. The van der Waals surface area contributed by atoms with Crippen LogP contribution in [-0.4, -0.2) is 57.4 Å². The number of likely N-dealkylation sites (tertiary alicyclic amines) is 1. The molecule has 0 aromatic carbocycles. The fraction of sp³-hybridized carbons (Fsp3) is 1.00. The molecule has 0 unspecified atom stereocenters. The summed E-state index contributed by atoms with van der Waals surface area (Å²) in [5.41, 5.74) is 6.48. The van der Waals surface area contributed by atoms with E-state index in [0.717, 1.165) is 26.0 Å². The van der Waals surface area contributed by atoms with Crippen LogP contribution >= 0.6 is 0 Å². The molecule has 106 valence electrons. The fourth-order valence-electron chi connectivity index (χ4n) is 2.78. The second kappa shape index (κ2) is 6.85. The summed E-state index contributed by atoms with van der Waals surface area (Å²) in [4.78, 5) is 2.53. The maximum absolute atomic E-state index is 5.91. The SMILES string of the molecule is COCCC1(CNCCN2CCC(N)CC2)CC1. The predicted octanol–water partition coefficient (Wildman–Crippen LogP) is 0.816. The monoisotopic (exact) mass is 255 g/mol. The van der Waals surface area contributed by atoms with Crippen LogP contribution in [0.25, 0.3) is 0 Å². The summed E-state index contributed by atoms with van der Waals surface area (Å²) in [6.07, 6.45) is 6.30. The van der Waals surface area contributed by atoms with Crippen LogP contribution in [0, 0.1) is 5.41 Å². The van der Waals surface area contributed by atoms with Gasteiger partial charge >= 0.3 is 0 Å². The first-order valence-corrected chi connectivity index (χ1v) is 7.42. The van der Waals surface area contributed by atoms with Gasteiger partial charge in [-0.15, -0.1) is 0 Å². The van der Waals surface area contributed by atoms with Crippen LogP contribution in [0.1, 0.15) is 32.1 Å². The van der Waals surface area contributed by atoms with Crippen molar-refractivity contribution in [1.82, 2.24) is 10.2 Å². The van der Waals surface area contributed by atoms with Crippen molar-refractivity contribution in [3.63, 3.8) is 0 Å². The Labute approximate surface area is 111 Å². The molecule has 0 spiro atoms. The van der Waals surface area contributed by atoms with E-state index >= 15 is 0 Å². The quantitative estimate of drug-likeness (QED) is 0.630. The van der Waals surface area contributed by atoms with Crippen molar-refractivity contribution in [2.45, 2.75) is 38.1 Å². The molecule has 0 amide bonds. The van der Waals surface area contributed by atoms with Gasteiger partial charge in [-0.05, 0) is 50.6 Å². The zero-order chi connectivity index (χ0) is 12.8. The van der Waals surface area contributed by atoms with Crippen molar-refractivity contribution < 1.29 is 4.74 Å². The lowest BCUT2D eigenvalue weighted by Gasteiger charge is -2.30. The summed E-state index contributed by atoms with van der Waals surface area (Å²) >= 11 is 0. The van der Waals surface area contributed by atoms with Gasteiger partial charge in [-0.25, -0.2) is 0 Å². The van der Waals surface area contributed by atoms with E-state index in [1.54, 1.807) is 7.11 Å². The Bertz CT molecular complexity index is 235. The number of hydrogen-bond acceptors (Lipinski definition) is 4. The number of ether oxygens (including phenoxy) is 1. The lowest BCUT2D eigenvalue weighted by molar-refractivity contribution is 0.170. The topological polar surface area (TPSA) is 50.5 Å². The minimum absolute atomic E-state index is 0.443. The summed E-state index contributed by atoms with van der Waals surface area (Å²) in [5, 5.41) is 3.63. The van der Waals surface area contributed by atoms with Crippen LogP contribution in [0.5, 0.6) is 0 Å². The lowest BCUT2D eigenvalue weighted by atomic mass is 10.0. The maximum Gasteiger partial charge on any atom is 0.0468 e. The van der Waals surface area contributed by atoms with Crippen molar-refractivity contribution in [1.29, 1.82) is 0 Å². The minimum Gasteiger partial charge on any atom is -0.385 e. The molecule has 1 saturated heterocycles. The average Bonchev–Trinajstić information content (AvgIpc) is 3.15. The Morgan fingerprint density at radius 1 is 1.33 bits per heavy atom. The highest BCUT2D eigenvalue weighted by molar-refractivity contribution is 4.94. The van der Waals surface area contributed by atoms with Crippen LogP contribution < -0.4 is 11.1 Å². The molecule has 2 fully saturated rings. The molecule has 4 nitrogen and oxygen atoms in total. The van der Waals surface area contributed by atoms with Gasteiger partial charge < -0.3 is 20.7 Å². The van der Waals surface area contributed by atoms with Gasteiger partial charge in [0, 0.05) is 39.4 Å². The highest BCUT2D eigenvalue weighted by atomic mass is 16.5. The molecule has 0 aromatic heterocycles. The number of nitrogens with two attached hydrogens (primary N) is 1. The molecule has 1 heterocycles. The number of nitrogens with zero attached hydrogens (tertiary/aromatic N) is 1. The first-order chi connectivity index (χ1) is 8.74. The summed E-state index contributed by atoms with van der Waals surface area (Å²) < 4.78 is 5.18. The van der Waals surface area contributed by atoms with E-state index in [4.69, 9.17) is 10.5 Å². The third-order valence-electron chi connectivity index (χ3n) is 4.53. The number of nitrogens with one attached hydrogen (secondary N) is 1. The molecular formula is C14H29N3O.